The molecular formula is C16H16O3S. The number of benzene rings is 1. The molecule has 3 nitrogen and oxygen atoms in total. The molecule has 3 rings (SSSR count). The highest BCUT2D eigenvalue weighted by molar-refractivity contribution is 7.13. The van der Waals surface area contributed by atoms with Gasteiger partial charge in [-0.2, -0.15) is 0 Å². The molecule has 1 aliphatic heterocycles. The predicted molar refractivity (Wildman–Crippen MR) is 78.9 cm³/mol. The molecule has 1 aromatic heterocycles. The summed E-state index contributed by atoms with van der Waals surface area (Å²) in [6.07, 6.45) is 1.72. The lowest BCUT2D eigenvalue weighted by molar-refractivity contribution is 0.0695. The number of hydrogen-bond acceptors (Lipinski definition) is 4. The molecule has 0 saturated carbocycles. The molecule has 1 aromatic carbocycles. The number of hydrogen-bond donors (Lipinski definition) is 0. The van der Waals surface area contributed by atoms with Gasteiger partial charge in [0.1, 0.15) is 11.9 Å². The Morgan fingerprint density at radius 3 is 2.90 bits per heavy atom. The van der Waals surface area contributed by atoms with Crippen LogP contribution in [0, 0.1) is 6.92 Å². The van der Waals surface area contributed by atoms with E-state index in [9.17, 15) is 4.79 Å². The summed E-state index contributed by atoms with van der Waals surface area (Å²) in [6, 6.07) is 8.06. The van der Waals surface area contributed by atoms with E-state index in [0.29, 0.717) is 6.61 Å². The number of aldehydes is 1. The molecule has 2 heterocycles. The maximum atomic E-state index is 11.0. The standard InChI is InChI=1S/C16H16O3S/c1-10-14(8-13(9-17)20-10)16-15-7-12(18-2)4-3-11(15)5-6-19-16/h3-4,7-9,16H,5-6H2,1-2H3. The van der Waals surface area contributed by atoms with Crippen LogP contribution < -0.4 is 4.74 Å². The second-order valence-electron chi connectivity index (χ2n) is 4.84. The van der Waals surface area contributed by atoms with E-state index >= 15 is 0 Å². The van der Waals surface area contributed by atoms with Crippen molar-refractivity contribution in [1.29, 1.82) is 0 Å². The molecule has 0 radical (unpaired) electrons. The van der Waals surface area contributed by atoms with Crippen molar-refractivity contribution in [2.45, 2.75) is 19.4 Å². The van der Waals surface area contributed by atoms with Crippen molar-refractivity contribution in [2.75, 3.05) is 13.7 Å². The molecule has 1 aliphatic rings. The summed E-state index contributed by atoms with van der Waals surface area (Å²) in [7, 11) is 1.67. The lowest BCUT2D eigenvalue weighted by Crippen LogP contribution is -2.17. The third-order valence-electron chi connectivity index (χ3n) is 3.67. The van der Waals surface area contributed by atoms with Crippen molar-refractivity contribution in [3.63, 3.8) is 0 Å². The summed E-state index contributed by atoms with van der Waals surface area (Å²) in [4.78, 5) is 12.8. The Morgan fingerprint density at radius 1 is 1.35 bits per heavy atom. The summed E-state index contributed by atoms with van der Waals surface area (Å²) in [5.41, 5.74) is 3.53. The second kappa shape index (κ2) is 5.38. The largest absolute Gasteiger partial charge is 0.497 e. The monoisotopic (exact) mass is 288 g/mol. The highest BCUT2D eigenvalue weighted by Gasteiger charge is 2.25. The number of thiophene rings is 1. The van der Waals surface area contributed by atoms with Gasteiger partial charge in [-0.3, -0.25) is 4.79 Å². The fraction of sp³-hybridized carbons (Fsp3) is 0.312. The Balaban J connectivity index is 2.08. The molecule has 0 fully saturated rings. The SMILES string of the molecule is COc1ccc2c(c1)C(c1cc(C=O)sc1C)OCC2. The minimum Gasteiger partial charge on any atom is -0.497 e. The zero-order valence-electron chi connectivity index (χ0n) is 11.5. The van der Waals surface area contributed by atoms with E-state index in [1.807, 2.05) is 25.1 Å². The Labute approximate surface area is 122 Å². The maximum absolute atomic E-state index is 11.0. The predicted octanol–water partition coefficient (Wildman–Crippen LogP) is 3.54. The number of methoxy groups -OCH3 is 1. The quantitative estimate of drug-likeness (QED) is 0.810. The first-order chi connectivity index (χ1) is 9.72. The first-order valence-electron chi connectivity index (χ1n) is 6.57. The van der Waals surface area contributed by atoms with Crippen LogP contribution in [0.3, 0.4) is 0 Å². The van der Waals surface area contributed by atoms with Crippen molar-refractivity contribution in [1.82, 2.24) is 0 Å². The van der Waals surface area contributed by atoms with E-state index in [-0.39, 0.29) is 6.10 Å². The van der Waals surface area contributed by atoms with Crippen molar-refractivity contribution in [3.8, 4) is 5.75 Å². The van der Waals surface area contributed by atoms with E-state index in [1.54, 1.807) is 7.11 Å². The summed E-state index contributed by atoms with van der Waals surface area (Å²) in [6.45, 7) is 2.74. The van der Waals surface area contributed by atoms with Gasteiger partial charge >= 0.3 is 0 Å². The Morgan fingerprint density at radius 2 is 2.20 bits per heavy atom. The molecule has 0 saturated heterocycles. The third kappa shape index (κ3) is 2.25. The first-order valence-corrected chi connectivity index (χ1v) is 7.38. The molecule has 1 unspecified atom stereocenters. The lowest BCUT2D eigenvalue weighted by atomic mass is 9.93. The van der Waals surface area contributed by atoms with Gasteiger partial charge in [0, 0.05) is 4.88 Å². The summed E-state index contributed by atoms with van der Waals surface area (Å²) >= 11 is 1.51. The van der Waals surface area contributed by atoms with Crippen LogP contribution in [0.5, 0.6) is 5.75 Å². The van der Waals surface area contributed by atoms with Gasteiger partial charge < -0.3 is 9.47 Å². The fourth-order valence-electron chi connectivity index (χ4n) is 2.64. The Kier molecular flexibility index (Phi) is 3.59. The highest BCUT2D eigenvalue weighted by atomic mass is 32.1. The number of fused-ring (bicyclic) bond motifs is 1. The van der Waals surface area contributed by atoms with Gasteiger partial charge in [0.2, 0.25) is 0 Å². The molecule has 1 atom stereocenters. The molecule has 0 amide bonds. The molecule has 20 heavy (non-hydrogen) atoms. The third-order valence-corrected chi connectivity index (χ3v) is 4.66. The number of carbonyl (C=O) groups is 1. The lowest BCUT2D eigenvalue weighted by Gasteiger charge is -2.26. The minimum absolute atomic E-state index is 0.0983. The smallest absolute Gasteiger partial charge is 0.160 e. The van der Waals surface area contributed by atoms with E-state index in [2.05, 4.69) is 6.07 Å². The fourth-order valence-corrected chi connectivity index (χ4v) is 3.52. The number of carbonyl (C=O) groups excluding carboxylic acids is 1. The minimum atomic E-state index is -0.0983. The van der Waals surface area contributed by atoms with E-state index in [4.69, 9.17) is 9.47 Å². The normalized spacial score (nSPS) is 17.6. The van der Waals surface area contributed by atoms with Gasteiger partial charge in [0.25, 0.3) is 0 Å². The average Bonchev–Trinajstić information content (AvgIpc) is 2.87. The van der Waals surface area contributed by atoms with Gasteiger partial charge in [-0.1, -0.05) is 6.07 Å². The van der Waals surface area contributed by atoms with Gasteiger partial charge in [-0.25, -0.2) is 0 Å². The van der Waals surface area contributed by atoms with Crippen LogP contribution in [0.25, 0.3) is 0 Å². The van der Waals surface area contributed by atoms with Crippen LogP contribution in [-0.4, -0.2) is 20.0 Å². The molecule has 0 N–H and O–H groups in total. The zero-order valence-corrected chi connectivity index (χ0v) is 12.3. The number of aryl methyl sites for hydroxylation is 1. The topological polar surface area (TPSA) is 35.5 Å². The first kappa shape index (κ1) is 13.3. The molecule has 2 aromatic rings. The van der Waals surface area contributed by atoms with E-state index < -0.39 is 0 Å². The second-order valence-corrected chi connectivity index (χ2v) is 6.13. The molecule has 104 valence electrons. The number of rotatable bonds is 3. The van der Waals surface area contributed by atoms with Gasteiger partial charge in [0.05, 0.1) is 18.6 Å². The Bertz CT molecular complexity index is 645. The van der Waals surface area contributed by atoms with Gasteiger partial charge in [-0.05, 0) is 48.2 Å². The summed E-state index contributed by atoms with van der Waals surface area (Å²) in [5, 5.41) is 0. The highest BCUT2D eigenvalue weighted by Crippen LogP contribution is 2.38. The molecule has 4 heteroatoms. The number of ether oxygens (including phenoxy) is 2. The van der Waals surface area contributed by atoms with Crippen LogP contribution in [0.1, 0.15) is 37.3 Å². The van der Waals surface area contributed by atoms with Gasteiger partial charge in [-0.15, -0.1) is 11.3 Å². The molecular weight excluding hydrogens is 272 g/mol. The summed E-state index contributed by atoms with van der Waals surface area (Å²) < 4.78 is 11.3. The van der Waals surface area contributed by atoms with Gasteiger partial charge in [0.15, 0.2) is 6.29 Å². The van der Waals surface area contributed by atoms with Crippen molar-refractivity contribution >= 4 is 17.6 Å². The van der Waals surface area contributed by atoms with Crippen molar-refractivity contribution in [3.05, 3.63) is 50.7 Å². The summed E-state index contributed by atoms with van der Waals surface area (Å²) in [5.74, 6) is 0.836. The Hall–Kier alpha value is -1.65. The van der Waals surface area contributed by atoms with Crippen LogP contribution in [0.2, 0.25) is 0 Å². The molecule has 0 aliphatic carbocycles. The maximum Gasteiger partial charge on any atom is 0.160 e. The molecule has 0 bridgehead atoms. The van der Waals surface area contributed by atoms with Crippen LogP contribution >= 0.6 is 11.3 Å². The zero-order chi connectivity index (χ0) is 14.1. The van der Waals surface area contributed by atoms with Crippen LogP contribution in [0.15, 0.2) is 24.3 Å². The molecule has 0 spiro atoms. The van der Waals surface area contributed by atoms with Crippen molar-refractivity contribution < 1.29 is 14.3 Å². The van der Waals surface area contributed by atoms with Crippen LogP contribution in [-0.2, 0) is 11.2 Å². The van der Waals surface area contributed by atoms with Crippen LogP contribution in [0.4, 0.5) is 0 Å². The van der Waals surface area contributed by atoms with E-state index in [1.165, 1.54) is 16.9 Å². The van der Waals surface area contributed by atoms with Crippen molar-refractivity contribution in [2.24, 2.45) is 0 Å². The average molecular weight is 288 g/mol. The van der Waals surface area contributed by atoms with E-state index in [0.717, 1.165) is 39.3 Å².